The fourth-order valence-electron chi connectivity index (χ4n) is 4.67. The molecule has 0 amide bonds. The highest BCUT2D eigenvalue weighted by Crippen LogP contribution is 2.37. The van der Waals surface area contributed by atoms with Crippen LogP contribution in [0.4, 0.5) is 0 Å². The number of carbonyl (C=O) groups is 1. The van der Waals surface area contributed by atoms with Gasteiger partial charge in [-0.3, -0.25) is 4.79 Å². The van der Waals surface area contributed by atoms with Crippen molar-refractivity contribution in [2.75, 3.05) is 7.11 Å². The lowest BCUT2D eigenvalue weighted by Crippen LogP contribution is -2.06. The average molecular weight is 529 g/mol. The monoisotopic (exact) mass is 528 g/mol. The minimum Gasteiger partial charge on any atom is -0.496 e. The number of halogens is 1. The largest absolute Gasteiger partial charge is 0.496 e. The Morgan fingerprint density at radius 1 is 1.03 bits per heavy atom. The third-order valence-electron chi connectivity index (χ3n) is 6.43. The van der Waals surface area contributed by atoms with Crippen molar-refractivity contribution in [3.8, 4) is 17.0 Å². The molecule has 0 aliphatic heterocycles. The number of methoxy groups -OCH3 is 1. The maximum absolute atomic E-state index is 13.7. The van der Waals surface area contributed by atoms with Crippen molar-refractivity contribution in [1.82, 2.24) is 9.97 Å². The van der Waals surface area contributed by atoms with Gasteiger partial charge >= 0.3 is 0 Å². The first kappa shape index (κ1) is 23.0. The highest BCUT2D eigenvalue weighted by molar-refractivity contribution is 7.17. The molecule has 3 aromatic heterocycles. The second-order valence-corrected chi connectivity index (χ2v) is 10.9. The van der Waals surface area contributed by atoms with E-state index in [-0.39, 0.29) is 5.78 Å². The van der Waals surface area contributed by atoms with Gasteiger partial charge in [-0.1, -0.05) is 29.8 Å². The number of thiophene rings is 1. The fourth-order valence-corrected chi connectivity index (χ4v) is 6.56. The minimum absolute atomic E-state index is 0.0982. The van der Waals surface area contributed by atoms with Gasteiger partial charge in [0.15, 0.2) is 5.78 Å². The van der Waals surface area contributed by atoms with Crippen molar-refractivity contribution in [3.63, 3.8) is 0 Å². The summed E-state index contributed by atoms with van der Waals surface area (Å²) >= 11 is 9.44. The molecule has 1 N–H and O–H groups in total. The molecule has 3 aromatic carbocycles. The number of nitrogens with zero attached hydrogens (tertiary/aromatic N) is 1. The van der Waals surface area contributed by atoms with Crippen LogP contribution >= 0.6 is 34.3 Å². The molecule has 0 saturated carbocycles. The van der Waals surface area contributed by atoms with E-state index in [0.29, 0.717) is 28.3 Å². The summed E-state index contributed by atoms with van der Waals surface area (Å²) in [5.41, 5.74) is 6.24. The third-order valence-corrected chi connectivity index (χ3v) is 8.50. The van der Waals surface area contributed by atoms with E-state index in [9.17, 15) is 4.79 Å². The van der Waals surface area contributed by atoms with Gasteiger partial charge in [0.05, 0.1) is 23.4 Å². The normalized spacial score (nSPS) is 11.4. The Morgan fingerprint density at radius 3 is 2.64 bits per heavy atom. The number of hydrogen-bond donors (Lipinski definition) is 1. The number of rotatable bonds is 6. The Bertz CT molecular complexity index is 1740. The molecule has 0 bridgehead atoms. The SMILES string of the molecule is COc1ccc2[nH]c(C)c(Cc3nc(-c4csc5ccccc45)cs3)c2c1C(=O)c1ccc(Cl)cc1. The molecule has 7 heteroatoms. The standard InChI is InChI=1S/C29H21ClN2O2S2/c1-16-20(13-26-32-23(15-36-26)21-14-35-25-6-4-3-5-19(21)25)27-22(31-16)11-12-24(34-2)28(27)29(33)17-7-9-18(30)10-8-17/h3-12,14-15,31H,13H2,1-2H3. The minimum atomic E-state index is -0.0982. The van der Waals surface area contributed by atoms with Crippen LogP contribution in [0.1, 0.15) is 32.2 Å². The molecule has 3 heterocycles. The maximum atomic E-state index is 13.7. The first-order valence-corrected chi connectivity index (χ1v) is 13.6. The molecule has 0 fully saturated rings. The number of aromatic nitrogens is 2. The molecule has 0 saturated heterocycles. The fraction of sp³-hybridized carbons (Fsp3) is 0.103. The van der Waals surface area contributed by atoms with Crippen LogP contribution in [-0.2, 0) is 6.42 Å². The molecule has 36 heavy (non-hydrogen) atoms. The van der Waals surface area contributed by atoms with Crippen LogP contribution in [0.15, 0.2) is 71.4 Å². The summed E-state index contributed by atoms with van der Waals surface area (Å²) in [6.07, 6.45) is 0.618. The zero-order chi connectivity index (χ0) is 24.8. The predicted molar refractivity (Wildman–Crippen MR) is 150 cm³/mol. The number of hydrogen-bond acceptors (Lipinski definition) is 5. The Balaban J connectivity index is 1.44. The van der Waals surface area contributed by atoms with E-state index >= 15 is 0 Å². The lowest BCUT2D eigenvalue weighted by molar-refractivity contribution is 0.103. The number of carbonyl (C=O) groups excluding carboxylic acids is 1. The number of aromatic amines is 1. The summed E-state index contributed by atoms with van der Waals surface area (Å²) in [7, 11) is 1.59. The Labute approximate surface area is 221 Å². The Morgan fingerprint density at radius 2 is 1.83 bits per heavy atom. The summed E-state index contributed by atoms with van der Waals surface area (Å²) < 4.78 is 6.91. The Kier molecular flexibility index (Phi) is 5.88. The van der Waals surface area contributed by atoms with Gasteiger partial charge in [0, 0.05) is 60.0 Å². The lowest BCUT2D eigenvalue weighted by atomic mass is 9.95. The zero-order valence-electron chi connectivity index (χ0n) is 19.6. The summed E-state index contributed by atoms with van der Waals surface area (Å²) in [4.78, 5) is 22.2. The van der Waals surface area contributed by atoms with Crippen molar-refractivity contribution in [1.29, 1.82) is 0 Å². The highest BCUT2D eigenvalue weighted by Gasteiger charge is 2.23. The van der Waals surface area contributed by atoms with Crippen molar-refractivity contribution >= 4 is 61.0 Å². The van der Waals surface area contributed by atoms with Crippen LogP contribution in [-0.4, -0.2) is 22.9 Å². The van der Waals surface area contributed by atoms with E-state index in [1.807, 2.05) is 19.1 Å². The number of aryl methyl sites for hydroxylation is 1. The van der Waals surface area contributed by atoms with E-state index in [0.717, 1.165) is 38.4 Å². The average Bonchev–Trinajstić information content (AvgIpc) is 3.61. The van der Waals surface area contributed by atoms with Crippen molar-refractivity contribution in [3.05, 3.63) is 104 Å². The highest BCUT2D eigenvalue weighted by atomic mass is 35.5. The number of benzene rings is 3. The molecule has 0 spiro atoms. The van der Waals surface area contributed by atoms with Crippen LogP contribution in [0.25, 0.3) is 32.2 Å². The number of thiazole rings is 1. The number of ketones is 1. The Hall–Kier alpha value is -3.45. The van der Waals surface area contributed by atoms with Crippen molar-refractivity contribution < 1.29 is 9.53 Å². The molecular weight excluding hydrogens is 508 g/mol. The molecule has 0 aliphatic rings. The van der Waals surface area contributed by atoms with E-state index < -0.39 is 0 Å². The van der Waals surface area contributed by atoms with E-state index in [4.69, 9.17) is 21.3 Å². The number of fused-ring (bicyclic) bond motifs is 2. The molecule has 0 unspecified atom stereocenters. The smallest absolute Gasteiger partial charge is 0.197 e. The van der Waals surface area contributed by atoms with Gasteiger partial charge in [-0.05, 0) is 55.0 Å². The molecule has 4 nitrogen and oxygen atoms in total. The summed E-state index contributed by atoms with van der Waals surface area (Å²) in [5, 5.41) is 7.99. The molecular formula is C29H21ClN2O2S2. The molecule has 6 rings (SSSR count). The van der Waals surface area contributed by atoms with Crippen LogP contribution in [0.3, 0.4) is 0 Å². The zero-order valence-corrected chi connectivity index (χ0v) is 22.0. The second kappa shape index (κ2) is 9.21. The van der Waals surface area contributed by atoms with Crippen LogP contribution in [0, 0.1) is 6.92 Å². The van der Waals surface area contributed by atoms with Gasteiger partial charge in [0.1, 0.15) is 5.75 Å². The molecule has 0 atom stereocenters. The van der Waals surface area contributed by atoms with E-state index in [1.54, 1.807) is 54.0 Å². The first-order valence-electron chi connectivity index (χ1n) is 11.4. The number of ether oxygens (including phenoxy) is 1. The first-order chi connectivity index (χ1) is 17.5. The van der Waals surface area contributed by atoms with Gasteiger partial charge in [-0.25, -0.2) is 4.98 Å². The number of H-pyrrole nitrogens is 1. The van der Waals surface area contributed by atoms with Gasteiger partial charge in [-0.15, -0.1) is 22.7 Å². The topological polar surface area (TPSA) is 55.0 Å². The number of nitrogens with one attached hydrogen (secondary N) is 1. The van der Waals surface area contributed by atoms with E-state index in [1.165, 1.54) is 10.1 Å². The quantitative estimate of drug-likeness (QED) is 0.221. The van der Waals surface area contributed by atoms with Crippen molar-refractivity contribution in [2.24, 2.45) is 0 Å². The van der Waals surface area contributed by atoms with Gasteiger partial charge in [0.2, 0.25) is 0 Å². The molecule has 0 radical (unpaired) electrons. The molecule has 178 valence electrons. The predicted octanol–water partition coefficient (Wildman–Crippen LogP) is 8.30. The van der Waals surface area contributed by atoms with Crippen LogP contribution in [0.2, 0.25) is 5.02 Å². The van der Waals surface area contributed by atoms with E-state index in [2.05, 4.69) is 40.0 Å². The van der Waals surface area contributed by atoms with Crippen LogP contribution < -0.4 is 4.74 Å². The lowest BCUT2D eigenvalue weighted by Gasteiger charge is -2.11. The second-order valence-electron chi connectivity index (χ2n) is 8.58. The molecule has 6 aromatic rings. The van der Waals surface area contributed by atoms with Gasteiger partial charge < -0.3 is 9.72 Å². The van der Waals surface area contributed by atoms with Gasteiger partial charge in [0.25, 0.3) is 0 Å². The van der Waals surface area contributed by atoms with Crippen molar-refractivity contribution in [2.45, 2.75) is 13.3 Å². The maximum Gasteiger partial charge on any atom is 0.197 e. The third kappa shape index (κ3) is 3.91. The van der Waals surface area contributed by atoms with Gasteiger partial charge in [-0.2, -0.15) is 0 Å². The summed E-state index contributed by atoms with van der Waals surface area (Å²) in [6.45, 7) is 2.04. The van der Waals surface area contributed by atoms with Crippen LogP contribution in [0.5, 0.6) is 5.75 Å². The summed E-state index contributed by atoms with van der Waals surface area (Å²) in [5.74, 6) is 0.450. The summed E-state index contributed by atoms with van der Waals surface area (Å²) in [6, 6.07) is 19.2. The molecule has 0 aliphatic carbocycles.